The normalized spacial score (nSPS) is 15.1. The van der Waals surface area contributed by atoms with Crippen LogP contribution in [0.15, 0.2) is 59.5 Å². The van der Waals surface area contributed by atoms with Gasteiger partial charge in [-0.05, 0) is 54.5 Å². The van der Waals surface area contributed by atoms with Gasteiger partial charge in [0.2, 0.25) is 11.8 Å². The van der Waals surface area contributed by atoms with Gasteiger partial charge >= 0.3 is 11.9 Å². The Morgan fingerprint density at radius 1 is 1.08 bits per heavy atom. The van der Waals surface area contributed by atoms with Crippen molar-refractivity contribution in [2.45, 2.75) is 49.2 Å². The molecule has 2 atom stereocenters. The van der Waals surface area contributed by atoms with Crippen LogP contribution in [0.3, 0.4) is 0 Å². The molecule has 1 aliphatic carbocycles. The molecule has 3 aromatic rings. The highest BCUT2D eigenvalue weighted by Gasteiger charge is 2.31. The summed E-state index contributed by atoms with van der Waals surface area (Å²) in [7, 11) is 1.35. The molecule has 2 unspecified atom stereocenters. The number of thiophene rings is 1. The predicted octanol–water partition coefficient (Wildman–Crippen LogP) is 5.93. The van der Waals surface area contributed by atoms with Gasteiger partial charge in [-0.1, -0.05) is 43.3 Å². The zero-order valence-corrected chi connectivity index (χ0v) is 23.3. The van der Waals surface area contributed by atoms with Crippen molar-refractivity contribution in [3.63, 3.8) is 0 Å². The minimum Gasteiger partial charge on any atom is -0.481 e. The van der Waals surface area contributed by atoms with Crippen LogP contribution in [0.25, 0.3) is 0 Å². The van der Waals surface area contributed by atoms with E-state index in [9.17, 15) is 19.2 Å². The second-order valence-corrected chi connectivity index (χ2v) is 11.7. The summed E-state index contributed by atoms with van der Waals surface area (Å²) in [5.74, 6) is -1.66. The van der Waals surface area contributed by atoms with Crippen molar-refractivity contribution in [3.8, 4) is 0 Å². The molecule has 8 nitrogen and oxygen atoms in total. The number of rotatable bonds is 10. The summed E-state index contributed by atoms with van der Waals surface area (Å²) in [5, 5.41) is 14.4. The van der Waals surface area contributed by atoms with Crippen LogP contribution >= 0.6 is 23.1 Å². The van der Waals surface area contributed by atoms with Crippen LogP contribution in [0.4, 0.5) is 10.7 Å². The maximum atomic E-state index is 13.8. The number of hydrogen-bond donors (Lipinski definition) is 3. The largest absolute Gasteiger partial charge is 0.481 e. The van der Waals surface area contributed by atoms with E-state index in [1.807, 2.05) is 36.4 Å². The highest BCUT2D eigenvalue weighted by molar-refractivity contribution is 8.00. The molecule has 0 saturated carbocycles. The number of carbonyl (C=O) groups excluding carboxylic acids is 3. The lowest BCUT2D eigenvalue weighted by Crippen LogP contribution is -2.20. The summed E-state index contributed by atoms with van der Waals surface area (Å²) in [4.78, 5) is 51.2. The summed E-state index contributed by atoms with van der Waals surface area (Å²) < 4.78 is 5.07. The smallest absolute Gasteiger partial charge is 0.341 e. The number of carboxylic acid groups (broad SMARTS) is 1. The molecule has 1 aliphatic rings. The first kappa shape index (κ1) is 28.4. The van der Waals surface area contributed by atoms with Gasteiger partial charge in [-0.25, -0.2) is 4.79 Å². The molecule has 0 bridgehead atoms. The number of esters is 1. The van der Waals surface area contributed by atoms with Crippen molar-refractivity contribution in [1.29, 1.82) is 0 Å². The number of benzene rings is 2. The van der Waals surface area contributed by atoms with Crippen molar-refractivity contribution < 1.29 is 29.0 Å². The van der Waals surface area contributed by atoms with E-state index in [1.54, 1.807) is 18.2 Å². The Labute approximate surface area is 235 Å². The average molecular weight is 567 g/mol. The number of aliphatic carboxylic acids is 1. The summed E-state index contributed by atoms with van der Waals surface area (Å²) in [6.07, 6.45) is 2.23. The van der Waals surface area contributed by atoms with Crippen LogP contribution in [0.2, 0.25) is 0 Å². The quantitative estimate of drug-likeness (QED) is 0.205. The third-order valence-electron chi connectivity index (χ3n) is 6.42. The second-order valence-electron chi connectivity index (χ2n) is 9.42. The van der Waals surface area contributed by atoms with E-state index in [1.165, 1.54) is 30.2 Å². The van der Waals surface area contributed by atoms with Gasteiger partial charge in [0, 0.05) is 21.9 Å². The van der Waals surface area contributed by atoms with Crippen LogP contribution in [0, 0.1) is 5.92 Å². The van der Waals surface area contributed by atoms with Crippen molar-refractivity contribution >= 4 is 57.5 Å². The van der Waals surface area contributed by atoms with Gasteiger partial charge in [-0.2, -0.15) is 0 Å². The number of anilines is 2. The van der Waals surface area contributed by atoms with Crippen molar-refractivity contribution in [2.75, 3.05) is 17.7 Å². The number of carbonyl (C=O) groups is 4. The zero-order valence-electron chi connectivity index (χ0n) is 21.7. The lowest BCUT2D eigenvalue weighted by atomic mass is 9.88. The van der Waals surface area contributed by atoms with E-state index < -0.39 is 23.1 Å². The van der Waals surface area contributed by atoms with Crippen molar-refractivity contribution in [3.05, 3.63) is 76.2 Å². The molecule has 39 heavy (non-hydrogen) atoms. The number of hydrogen-bond acceptors (Lipinski definition) is 7. The molecule has 2 amide bonds. The fraction of sp³-hybridized carbons (Fsp3) is 0.310. The van der Waals surface area contributed by atoms with E-state index in [-0.39, 0.29) is 18.7 Å². The number of methoxy groups -OCH3 is 1. The van der Waals surface area contributed by atoms with Crippen molar-refractivity contribution in [1.82, 2.24) is 0 Å². The van der Waals surface area contributed by atoms with Crippen LogP contribution in [0.1, 0.15) is 57.8 Å². The monoisotopic (exact) mass is 566 g/mol. The molecule has 0 saturated heterocycles. The van der Waals surface area contributed by atoms with Crippen LogP contribution in [0.5, 0.6) is 0 Å². The van der Waals surface area contributed by atoms with E-state index in [2.05, 4.69) is 17.6 Å². The van der Waals surface area contributed by atoms with Crippen LogP contribution < -0.4 is 10.6 Å². The molecular weight excluding hydrogens is 536 g/mol. The fourth-order valence-corrected chi connectivity index (χ4v) is 6.95. The van der Waals surface area contributed by atoms with Gasteiger partial charge in [0.05, 0.1) is 19.1 Å². The number of fused-ring (bicyclic) bond motifs is 1. The maximum absolute atomic E-state index is 13.8. The molecule has 3 N–H and O–H groups in total. The van der Waals surface area contributed by atoms with Gasteiger partial charge in [0.15, 0.2) is 0 Å². The zero-order chi connectivity index (χ0) is 27.9. The van der Waals surface area contributed by atoms with Gasteiger partial charge in [-0.3, -0.25) is 14.4 Å². The van der Waals surface area contributed by atoms with E-state index in [0.717, 1.165) is 40.2 Å². The minimum atomic E-state index is -1.04. The lowest BCUT2D eigenvalue weighted by Gasteiger charge is -2.18. The number of carboxylic acids is 1. The average Bonchev–Trinajstić information content (AvgIpc) is 3.27. The van der Waals surface area contributed by atoms with Gasteiger partial charge in [-0.15, -0.1) is 23.1 Å². The first-order chi connectivity index (χ1) is 18.7. The molecule has 1 aromatic heterocycles. The minimum absolute atomic E-state index is 0.131. The molecule has 0 radical (unpaired) electrons. The molecule has 0 spiro atoms. The summed E-state index contributed by atoms with van der Waals surface area (Å²) in [6, 6.07) is 16.4. The Bertz CT molecular complexity index is 1370. The Morgan fingerprint density at radius 2 is 1.85 bits per heavy atom. The predicted molar refractivity (Wildman–Crippen MR) is 152 cm³/mol. The summed E-state index contributed by atoms with van der Waals surface area (Å²) in [6.45, 7) is 2.18. The Hall–Kier alpha value is -3.63. The topological polar surface area (TPSA) is 122 Å². The Kier molecular flexibility index (Phi) is 9.42. The number of thioether (sulfide) groups is 1. The highest BCUT2D eigenvalue weighted by Crippen LogP contribution is 2.42. The third kappa shape index (κ3) is 7.27. The van der Waals surface area contributed by atoms with E-state index in [0.29, 0.717) is 22.2 Å². The first-order valence-electron chi connectivity index (χ1n) is 12.6. The maximum Gasteiger partial charge on any atom is 0.341 e. The Balaban J connectivity index is 1.59. The first-order valence-corrected chi connectivity index (χ1v) is 14.3. The van der Waals surface area contributed by atoms with Crippen LogP contribution in [-0.2, 0) is 32.0 Å². The highest BCUT2D eigenvalue weighted by atomic mass is 32.2. The van der Waals surface area contributed by atoms with Gasteiger partial charge in [0.25, 0.3) is 0 Å². The number of ether oxygens (including phenoxy) is 1. The number of nitrogens with one attached hydrogen (secondary N) is 2. The lowest BCUT2D eigenvalue weighted by molar-refractivity contribution is -0.138. The van der Waals surface area contributed by atoms with E-state index >= 15 is 0 Å². The standard InChI is InChI=1S/C29H30N2O6S2/c1-17-11-12-21-22(15-17)39-28(25(21)29(36)37-2)31-27(35)26(18-7-4-3-5-8-18)38-20-10-6-9-19(16-20)30-23(32)13-14-24(33)34/h3-10,16-17,26H,11-15H2,1-2H3,(H,30,32)(H,31,35)(H,33,34). The molecule has 0 aliphatic heterocycles. The molecule has 2 aromatic carbocycles. The van der Waals surface area contributed by atoms with Crippen molar-refractivity contribution in [2.24, 2.45) is 5.92 Å². The van der Waals surface area contributed by atoms with Gasteiger partial charge < -0.3 is 20.5 Å². The van der Waals surface area contributed by atoms with E-state index in [4.69, 9.17) is 9.84 Å². The molecule has 4 rings (SSSR count). The fourth-order valence-electron chi connectivity index (χ4n) is 4.46. The molecule has 204 valence electrons. The number of amides is 2. The summed E-state index contributed by atoms with van der Waals surface area (Å²) >= 11 is 2.76. The Morgan fingerprint density at radius 3 is 2.56 bits per heavy atom. The third-order valence-corrected chi connectivity index (χ3v) is 8.83. The molecular formula is C29H30N2O6S2. The summed E-state index contributed by atoms with van der Waals surface area (Å²) in [5.41, 5.74) is 2.71. The SMILES string of the molecule is COC(=O)c1c(NC(=O)C(Sc2cccc(NC(=O)CCC(=O)O)c2)c2ccccc2)sc2c1CCC(C)C2. The molecule has 1 heterocycles. The van der Waals surface area contributed by atoms with Gasteiger partial charge in [0.1, 0.15) is 10.3 Å². The second kappa shape index (κ2) is 12.9. The van der Waals surface area contributed by atoms with Crippen LogP contribution in [-0.4, -0.2) is 36.0 Å². The molecule has 0 fully saturated rings. The molecule has 10 heteroatoms.